The summed E-state index contributed by atoms with van der Waals surface area (Å²) in [7, 11) is 0. The maximum Gasteiger partial charge on any atom is 0.419 e. The molecule has 2 aromatic rings. The molecule has 0 saturated carbocycles. The molecule has 0 radical (unpaired) electrons. The molecule has 0 bridgehead atoms. The zero-order chi connectivity index (χ0) is 19.6. The maximum absolute atomic E-state index is 14.0. The highest BCUT2D eigenvalue weighted by atomic mass is 19.4. The van der Waals surface area contributed by atoms with Crippen LogP contribution in [0.15, 0.2) is 22.7 Å². The second-order valence-corrected chi connectivity index (χ2v) is 6.46. The average molecular weight is 386 g/mol. The van der Waals surface area contributed by atoms with Crippen LogP contribution < -0.4 is 5.32 Å². The van der Waals surface area contributed by atoms with Crippen LogP contribution in [0.5, 0.6) is 0 Å². The smallest absolute Gasteiger partial charge is 0.340 e. The topological polar surface area (TPSA) is 71.3 Å². The highest BCUT2D eigenvalue weighted by molar-refractivity contribution is 5.89. The minimum atomic E-state index is -4.82. The van der Waals surface area contributed by atoms with Gasteiger partial charge in [0.1, 0.15) is 0 Å². The lowest BCUT2D eigenvalue weighted by molar-refractivity contribution is -0.139. The highest BCUT2D eigenvalue weighted by Crippen LogP contribution is 2.34. The molecule has 0 aliphatic carbocycles. The van der Waals surface area contributed by atoms with E-state index in [4.69, 9.17) is 4.52 Å². The van der Waals surface area contributed by atoms with Crippen molar-refractivity contribution in [2.24, 2.45) is 5.92 Å². The molecule has 10 heteroatoms. The molecule has 0 spiro atoms. The molecule has 27 heavy (non-hydrogen) atoms. The van der Waals surface area contributed by atoms with E-state index in [0.717, 1.165) is 12.1 Å². The predicted molar refractivity (Wildman–Crippen MR) is 87.5 cm³/mol. The Hall–Kier alpha value is -2.65. The van der Waals surface area contributed by atoms with Gasteiger partial charge in [0.2, 0.25) is 5.89 Å². The Morgan fingerprint density at radius 3 is 2.63 bits per heavy atom. The minimum absolute atomic E-state index is 0.274. The van der Waals surface area contributed by atoms with Crippen molar-refractivity contribution in [2.45, 2.75) is 32.4 Å². The lowest BCUT2D eigenvalue weighted by atomic mass is 9.93. The van der Waals surface area contributed by atoms with E-state index in [-0.39, 0.29) is 5.92 Å². The molecule has 1 aromatic heterocycles. The van der Waals surface area contributed by atoms with Crippen LogP contribution in [0.3, 0.4) is 0 Å². The van der Waals surface area contributed by atoms with Gasteiger partial charge < -0.3 is 14.7 Å². The molecule has 1 N–H and O–H groups in total. The van der Waals surface area contributed by atoms with Crippen molar-refractivity contribution in [3.63, 3.8) is 0 Å². The van der Waals surface area contributed by atoms with E-state index in [0.29, 0.717) is 50.1 Å². The van der Waals surface area contributed by atoms with Crippen molar-refractivity contribution in [3.05, 3.63) is 41.3 Å². The van der Waals surface area contributed by atoms with Crippen molar-refractivity contribution in [3.8, 4) is 0 Å². The number of anilines is 1. The summed E-state index contributed by atoms with van der Waals surface area (Å²) in [5.74, 6) is -0.108. The van der Waals surface area contributed by atoms with Crippen LogP contribution in [0.4, 0.5) is 28.0 Å². The summed E-state index contributed by atoms with van der Waals surface area (Å²) in [4.78, 5) is 17.9. The number of piperidine rings is 1. The van der Waals surface area contributed by atoms with Crippen LogP contribution in [0.2, 0.25) is 0 Å². The fourth-order valence-electron chi connectivity index (χ4n) is 3.06. The van der Waals surface area contributed by atoms with Crippen molar-refractivity contribution >= 4 is 11.7 Å². The van der Waals surface area contributed by atoms with Gasteiger partial charge in [0.25, 0.3) is 0 Å². The molecule has 1 fully saturated rings. The average Bonchev–Trinajstić information content (AvgIpc) is 3.01. The lowest BCUT2D eigenvalue weighted by Crippen LogP contribution is -2.41. The Bertz CT molecular complexity index is 814. The van der Waals surface area contributed by atoms with Crippen molar-refractivity contribution in [1.29, 1.82) is 0 Å². The summed E-state index contributed by atoms with van der Waals surface area (Å²) in [5.41, 5.74) is -1.89. The third kappa shape index (κ3) is 4.55. The molecule has 146 valence electrons. The van der Waals surface area contributed by atoms with Gasteiger partial charge in [-0.05, 0) is 30.9 Å². The molecular weight excluding hydrogens is 368 g/mol. The summed E-state index contributed by atoms with van der Waals surface area (Å²) in [6.07, 6.45) is -2.82. The second-order valence-electron chi connectivity index (χ2n) is 6.46. The first-order valence-corrected chi connectivity index (χ1v) is 8.45. The zero-order valence-electron chi connectivity index (χ0n) is 14.5. The first-order valence-electron chi connectivity index (χ1n) is 8.45. The van der Waals surface area contributed by atoms with Gasteiger partial charge in [-0.3, -0.25) is 0 Å². The molecule has 0 unspecified atom stereocenters. The number of alkyl halides is 3. The number of halogens is 4. The third-order valence-electron chi connectivity index (χ3n) is 4.49. The number of benzene rings is 1. The fraction of sp³-hybridized carbons (Fsp3) is 0.471. The molecule has 0 atom stereocenters. The number of likely N-dealkylation sites (tertiary alicyclic amines) is 1. The number of aryl methyl sites for hydroxylation is 1. The lowest BCUT2D eigenvalue weighted by Gasteiger charge is -2.31. The first kappa shape index (κ1) is 19.1. The second kappa shape index (κ2) is 7.53. The number of urea groups is 1. The Morgan fingerprint density at radius 2 is 2.04 bits per heavy atom. The van der Waals surface area contributed by atoms with E-state index in [1.807, 2.05) is 0 Å². The maximum atomic E-state index is 14.0. The highest BCUT2D eigenvalue weighted by Gasteiger charge is 2.35. The summed E-state index contributed by atoms with van der Waals surface area (Å²) in [6, 6.07) is 2.17. The number of hydrogen-bond acceptors (Lipinski definition) is 4. The van der Waals surface area contributed by atoms with Gasteiger partial charge in [-0.15, -0.1) is 0 Å². The Labute approximate surface area is 152 Å². The van der Waals surface area contributed by atoms with E-state index in [1.165, 1.54) is 4.90 Å². The van der Waals surface area contributed by atoms with Crippen LogP contribution in [0.1, 0.15) is 30.1 Å². The number of aromatic nitrogens is 2. The number of carbonyl (C=O) groups excluding carboxylic acids is 1. The summed E-state index contributed by atoms with van der Waals surface area (Å²) >= 11 is 0. The van der Waals surface area contributed by atoms with Gasteiger partial charge in [-0.2, -0.15) is 18.2 Å². The van der Waals surface area contributed by atoms with Crippen LogP contribution in [0.25, 0.3) is 0 Å². The zero-order valence-corrected chi connectivity index (χ0v) is 14.5. The molecular formula is C17H18F4N4O2. The summed E-state index contributed by atoms with van der Waals surface area (Å²) < 4.78 is 57.2. The number of rotatable bonds is 3. The quantitative estimate of drug-likeness (QED) is 0.809. The first-order chi connectivity index (χ1) is 12.7. The SMILES string of the molecule is Cc1nc(CC2CCN(C(=O)Nc3cccc(C(F)(F)F)c3F)CC2)no1. The molecule has 1 saturated heterocycles. The number of hydrogen-bond donors (Lipinski definition) is 1. The standard InChI is InChI=1S/C17H18F4N4O2/c1-10-22-14(24-27-10)9-11-5-7-25(8-6-11)16(26)23-13-4-2-3-12(15(13)18)17(19,20)21/h2-4,11H,5-9H2,1H3,(H,23,26). The monoisotopic (exact) mass is 386 g/mol. The fourth-order valence-corrected chi connectivity index (χ4v) is 3.06. The number of carbonyl (C=O) groups is 1. The summed E-state index contributed by atoms with van der Waals surface area (Å²) in [6.45, 7) is 2.53. The van der Waals surface area contributed by atoms with Gasteiger partial charge >= 0.3 is 12.2 Å². The number of amides is 2. The molecule has 3 rings (SSSR count). The normalized spacial score (nSPS) is 15.8. The van der Waals surface area contributed by atoms with Gasteiger partial charge in [0.05, 0.1) is 11.3 Å². The Balaban J connectivity index is 1.57. The Morgan fingerprint density at radius 1 is 1.33 bits per heavy atom. The third-order valence-corrected chi connectivity index (χ3v) is 4.49. The molecule has 6 nitrogen and oxygen atoms in total. The van der Waals surface area contributed by atoms with Gasteiger partial charge in [0.15, 0.2) is 11.6 Å². The predicted octanol–water partition coefficient (Wildman–Crippen LogP) is 4.02. The molecule has 1 aliphatic rings. The molecule has 2 heterocycles. The summed E-state index contributed by atoms with van der Waals surface area (Å²) in [5, 5.41) is 6.08. The molecule has 1 aliphatic heterocycles. The minimum Gasteiger partial charge on any atom is -0.340 e. The van der Waals surface area contributed by atoms with Gasteiger partial charge in [-0.25, -0.2) is 9.18 Å². The molecule has 1 aromatic carbocycles. The van der Waals surface area contributed by atoms with E-state index >= 15 is 0 Å². The molecule has 2 amide bonds. The van der Waals surface area contributed by atoms with E-state index in [2.05, 4.69) is 15.5 Å². The van der Waals surface area contributed by atoms with Crippen molar-refractivity contribution < 1.29 is 26.9 Å². The van der Waals surface area contributed by atoms with Gasteiger partial charge in [0, 0.05) is 26.4 Å². The number of nitrogens with zero attached hydrogens (tertiary/aromatic N) is 3. The van der Waals surface area contributed by atoms with E-state index < -0.39 is 29.3 Å². The Kier molecular flexibility index (Phi) is 5.33. The van der Waals surface area contributed by atoms with Crippen LogP contribution in [-0.4, -0.2) is 34.2 Å². The van der Waals surface area contributed by atoms with Gasteiger partial charge in [-0.1, -0.05) is 11.2 Å². The van der Waals surface area contributed by atoms with E-state index in [1.54, 1.807) is 6.92 Å². The van der Waals surface area contributed by atoms with Crippen LogP contribution in [-0.2, 0) is 12.6 Å². The van der Waals surface area contributed by atoms with E-state index in [9.17, 15) is 22.4 Å². The van der Waals surface area contributed by atoms with Crippen molar-refractivity contribution in [2.75, 3.05) is 18.4 Å². The van der Waals surface area contributed by atoms with Crippen molar-refractivity contribution in [1.82, 2.24) is 15.0 Å². The largest absolute Gasteiger partial charge is 0.419 e. The number of nitrogens with one attached hydrogen (secondary N) is 1. The van der Waals surface area contributed by atoms with Crippen LogP contribution >= 0.6 is 0 Å². The van der Waals surface area contributed by atoms with Crippen LogP contribution in [0, 0.1) is 18.7 Å².